The van der Waals surface area contributed by atoms with E-state index in [1.165, 1.54) is 23.1 Å². The van der Waals surface area contributed by atoms with Gasteiger partial charge in [-0.3, -0.25) is 4.79 Å². The van der Waals surface area contributed by atoms with E-state index in [-0.39, 0.29) is 5.56 Å². The van der Waals surface area contributed by atoms with Crippen LogP contribution in [-0.2, 0) is 12.8 Å². The number of benzene rings is 1. The zero-order chi connectivity index (χ0) is 18.1. The predicted octanol–water partition coefficient (Wildman–Crippen LogP) is 3.08. The molecule has 0 atom stereocenters. The molecule has 0 spiro atoms. The fourth-order valence-corrected chi connectivity index (χ4v) is 4.06. The third-order valence-electron chi connectivity index (χ3n) is 3.89. The van der Waals surface area contributed by atoms with Crippen molar-refractivity contribution in [2.75, 3.05) is 7.11 Å². The van der Waals surface area contributed by atoms with E-state index in [2.05, 4.69) is 20.2 Å². The Balaban J connectivity index is 1.55. The molecule has 0 radical (unpaired) electrons. The van der Waals surface area contributed by atoms with Gasteiger partial charge in [0, 0.05) is 12.6 Å². The molecule has 0 saturated heterocycles. The summed E-state index contributed by atoms with van der Waals surface area (Å²) < 4.78 is 7.76. The van der Waals surface area contributed by atoms with Gasteiger partial charge in [-0.15, -0.1) is 21.5 Å². The lowest BCUT2D eigenvalue weighted by atomic mass is 10.2. The maximum atomic E-state index is 12.0. The van der Waals surface area contributed by atoms with Gasteiger partial charge in [0.2, 0.25) is 0 Å². The molecule has 4 aromatic rings. The number of hydrogen-bond donors (Lipinski definition) is 1. The summed E-state index contributed by atoms with van der Waals surface area (Å²) in [6.07, 6.45) is 0. The van der Waals surface area contributed by atoms with Crippen LogP contribution in [0.3, 0.4) is 0 Å². The minimum atomic E-state index is -0.0995. The SMILES string of the molecule is COc1ccc(-c2nnc(SCc3nc4ccsc4c(=O)[nH]3)n2C)cc1. The highest BCUT2D eigenvalue weighted by atomic mass is 32.2. The molecular formula is C17H15N5O2S2. The summed E-state index contributed by atoms with van der Waals surface area (Å²) in [4.78, 5) is 19.4. The lowest BCUT2D eigenvalue weighted by molar-refractivity contribution is 0.415. The van der Waals surface area contributed by atoms with Crippen LogP contribution in [-0.4, -0.2) is 31.8 Å². The van der Waals surface area contributed by atoms with Crippen molar-refractivity contribution in [2.24, 2.45) is 7.05 Å². The molecule has 0 aliphatic rings. The molecule has 1 N–H and O–H groups in total. The molecule has 3 heterocycles. The van der Waals surface area contributed by atoms with Gasteiger partial charge in [0.1, 0.15) is 16.3 Å². The second-order valence-corrected chi connectivity index (χ2v) is 7.39. The normalized spacial score (nSPS) is 11.2. The van der Waals surface area contributed by atoms with Crippen LogP contribution in [0.5, 0.6) is 5.75 Å². The van der Waals surface area contributed by atoms with Gasteiger partial charge in [-0.05, 0) is 35.7 Å². The van der Waals surface area contributed by atoms with E-state index in [0.717, 1.165) is 27.8 Å². The Morgan fingerprint density at radius 1 is 1.23 bits per heavy atom. The molecule has 0 aliphatic carbocycles. The second kappa shape index (κ2) is 6.93. The Morgan fingerprint density at radius 3 is 2.81 bits per heavy atom. The topological polar surface area (TPSA) is 85.7 Å². The van der Waals surface area contributed by atoms with Gasteiger partial charge in [-0.25, -0.2) is 4.98 Å². The molecule has 0 amide bonds. The minimum absolute atomic E-state index is 0.0995. The van der Waals surface area contributed by atoms with Gasteiger partial charge in [0.15, 0.2) is 11.0 Å². The van der Waals surface area contributed by atoms with E-state index in [0.29, 0.717) is 16.3 Å². The highest BCUT2D eigenvalue weighted by Gasteiger charge is 2.13. The lowest BCUT2D eigenvalue weighted by Crippen LogP contribution is -2.09. The van der Waals surface area contributed by atoms with Gasteiger partial charge in [-0.2, -0.15) is 0 Å². The number of methoxy groups -OCH3 is 1. The maximum absolute atomic E-state index is 12.0. The number of aromatic nitrogens is 5. The molecule has 4 rings (SSSR count). The minimum Gasteiger partial charge on any atom is -0.497 e. The largest absolute Gasteiger partial charge is 0.497 e. The van der Waals surface area contributed by atoms with Crippen molar-refractivity contribution in [3.8, 4) is 17.1 Å². The molecule has 1 aromatic carbocycles. The summed E-state index contributed by atoms with van der Waals surface area (Å²) in [5, 5.41) is 11.1. The number of nitrogens with one attached hydrogen (secondary N) is 1. The van der Waals surface area contributed by atoms with E-state index in [4.69, 9.17) is 4.74 Å². The zero-order valence-electron chi connectivity index (χ0n) is 14.1. The summed E-state index contributed by atoms with van der Waals surface area (Å²) in [7, 11) is 3.55. The average Bonchev–Trinajstić information content (AvgIpc) is 3.27. The van der Waals surface area contributed by atoms with Gasteiger partial charge in [-0.1, -0.05) is 11.8 Å². The van der Waals surface area contributed by atoms with Crippen LogP contribution in [0, 0.1) is 0 Å². The second-order valence-electron chi connectivity index (χ2n) is 5.53. The van der Waals surface area contributed by atoms with E-state index < -0.39 is 0 Å². The number of aromatic amines is 1. The highest BCUT2D eigenvalue weighted by molar-refractivity contribution is 7.98. The Kier molecular flexibility index (Phi) is 4.48. The van der Waals surface area contributed by atoms with Crippen LogP contribution in [0.25, 0.3) is 21.6 Å². The maximum Gasteiger partial charge on any atom is 0.268 e. The molecule has 0 bridgehead atoms. The first-order valence-electron chi connectivity index (χ1n) is 7.78. The molecule has 132 valence electrons. The van der Waals surface area contributed by atoms with E-state index >= 15 is 0 Å². The summed E-state index contributed by atoms with van der Waals surface area (Å²) >= 11 is 2.87. The number of fused-ring (bicyclic) bond motifs is 1. The first-order chi connectivity index (χ1) is 12.7. The third-order valence-corrected chi connectivity index (χ3v) is 5.82. The zero-order valence-corrected chi connectivity index (χ0v) is 15.7. The smallest absolute Gasteiger partial charge is 0.268 e. The highest BCUT2D eigenvalue weighted by Crippen LogP contribution is 2.26. The van der Waals surface area contributed by atoms with Gasteiger partial charge >= 0.3 is 0 Å². The van der Waals surface area contributed by atoms with Gasteiger partial charge < -0.3 is 14.3 Å². The molecule has 0 aliphatic heterocycles. The van der Waals surface area contributed by atoms with Crippen LogP contribution in [0.15, 0.2) is 45.7 Å². The van der Waals surface area contributed by atoms with Crippen molar-refractivity contribution in [3.63, 3.8) is 0 Å². The molecule has 0 saturated carbocycles. The average molecular weight is 385 g/mol. The van der Waals surface area contributed by atoms with Crippen molar-refractivity contribution in [3.05, 3.63) is 51.9 Å². The Labute approximate surface area is 157 Å². The Morgan fingerprint density at radius 2 is 2.04 bits per heavy atom. The van der Waals surface area contributed by atoms with Gasteiger partial charge in [0.05, 0.1) is 18.4 Å². The number of rotatable bonds is 5. The van der Waals surface area contributed by atoms with E-state index in [1.54, 1.807) is 7.11 Å². The summed E-state index contributed by atoms with van der Waals surface area (Å²) in [5.74, 6) is 2.70. The number of hydrogen-bond acceptors (Lipinski definition) is 7. The van der Waals surface area contributed by atoms with Crippen LogP contribution in [0.4, 0.5) is 0 Å². The van der Waals surface area contributed by atoms with E-state index in [9.17, 15) is 4.79 Å². The monoisotopic (exact) mass is 385 g/mol. The first-order valence-corrected chi connectivity index (χ1v) is 9.65. The molecule has 3 aromatic heterocycles. The quantitative estimate of drug-likeness (QED) is 0.532. The fourth-order valence-electron chi connectivity index (χ4n) is 2.55. The van der Waals surface area contributed by atoms with Crippen LogP contribution in [0.2, 0.25) is 0 Å². The number of thiophene rings is 1. The number of nitrogens with zero attached hydrogens (tertiary/aromatic N) is 4. The van der Waals surface area contributed by atoms with Crippen LogP contribution >= 0.6 is 23.1 Å². The number of H-pyrrole nitrogens is 1. The first kappa shape index (κ1) is 16.8. The van der Waals surface area contributed by atoms with Crippen LogP contribution < -0.4 is 10.3 Å². The molecular weight excluding hydrogens is 370 g/mol. The molecule has 0 fully saturated rings. The van der Waals surface area contributed by atoms with Crippen molar-refractivity contribution in [2.45, 2.75) is 10.9 Å². The molecule has 0 unspecified atom stereocenters. The predicted molar refractivity (Wildman–Crippen MR) is 103 cm³/mol. The van der Waals surface area contributed by atoms with Crippen LogP contribution in [0.1, 0.15) is 5.82 Å². The van der Waals surface area contributed by atoms with Crippen molar-refractivity contribution in [1.29, 1.82) is 0 Å². The molecule has 9 heteroatoms. The molecule has 7 nitrogen and oxygen atoms in total. The van der Waals surface area contributed by atoms with Gasteiger partial charge in [0.25, 0.3) is 5.56 Å². The summed E-state index contributed by atoms with van der Waals surface area (Å²) in [5.41, 5.74) is 1.59. The van der Waals surface area contributed by atoms with E-state index in [1.807, 2.05) is 47.3 Å². The standard InChI is InChI=1S/C17H15N5O2S2/c1-22-15(10-3-5-11(24-2)6-4-10)20-21-17(22)26-9-13-18-12-7-8-25-14(12)16(23)19-13/h3-8H,9H2,1-2H3,(H,18,19,23). The Bertz CT molecular complexity index is 1110. The third kappa shape index (κ3) is 3.11. The molecule has 26 heavy (non-hydrogen) atoms. The number of ether oxygens (including phenoxy) is 1. The lowest BCUT2D eigenvalue weighted by Gasteiger charge is -2.05. The van der Waals surface area contributed by atoms with Crippen molar-refractivity contribution in [1.82, 2.24) is 24.7 Å². The number of thioether (sulfide) groups is 1. The van der Waals surface area contributed by atoms with Crippen molar-refractivity contribution >= 4 is 33.3 Å². The van der Waals surface area contributed by atoms with Crippen molar-refractivity contribution < 1.29 is 4.74 Å². The fraction of sp³-hybridized carbons (Fsp3) is 0.176. The summed E-state index contributed by atoms with van der Waals surface area (Å²) in [6, 6.07) is 9.53. The summed E-state index contributed by atoms with van der Waals surface area (Å²) in [6.45, 7) is 0. The Hall–Kier alpha value is -2.65.